The number of hydrogen-bond donors (Lipinski definition) is 2. The zero-order chi connectivity index (χ0) is 24.6. The quantitative estimate of drug-likeness (QED) is 0.358. The molecule has 1 atom stereocenters. The number of aryl methyl sites for hydroxylation is 1. The van der Waals surface area contributed by atoms with Crippen LogP contribution >= 0.6 is 0 Å². The van der Waals surface area contributed by atoms with Crippen molar-refractivity contribution in [2.24, 2.45) is 0 Å². The predicted molar refractivity (Wildman–Crippen MR) is 135 cm³/mol. The van der Waals surface area contributed by atoms with E-state index in [4.69, 9.17) is 9.52 Å². The van der Waals surface area contributed by atoms with Crippen molar-refractivity contribution < 1.29 is 14.0 Å². The van der Waals surface area contributed by atoms with Gasteiger partial charge in [0, 0.05) is 23.4 Å². The lowest BCUT2D eigenvalue weighted by Crippen LogP contribution is -2.44. The van der Waals surface area contributed by atoms with E-state index < -0.39 is 6.04 Å². The molecule has 0 spiro atoms. The molecule has 0 bridgehead atoms. The summed E-state index contributed by atoms with van der Waals surface area (Å²) in [7, 11) is 0. The molecule has 0 aliphatic carbocycles. The number of nitrogens with one attached hydrogen (secondary N) is 2. The molecule has 4 aromatic rings. The first-order chi connectivity index (χ1) is 17.0. The number of carbonyl (C=O) groups is 2. The number of benzene rings is 2. The van der Waals surface area contributed by atoms with Crippen LogP contribution in [0.1, 0.15) is 29.4 Å². The summed E-state index contributed by atoms with van der Waals surface area (Å²) in [6.45, 7) is 4.56. The first-order valence-electron chi connectivity index (χ1n) is 11.4. The number of nitrogens with zero attached hydrogens (tertiary/aromatic N) is 2. The fourth-order valence-electron chi connectivity index (χ4n) is 3.58. The number of amides is 2. The highest BCUT2D eigenvalue weighted by Gasteiger charge is 2.15. The Hall–Kier alpha value is -4.39. The summed E-state index contributed by atoms with van der Waals surface area (Å²) in [6.07, 6.45) is 6.63. The van der Waals surface area contributed by atoms with Crippen molar-refractivity contribution in [3.05, 3.63) is 108 Å². The van der Waals surface area contributed by atoms with Crippen molar-refractivity contribution in [3.63, 3.8) is 0 Å². The van der Waals surface area contributed by atoms with Gasteiger partial charge in [-0.3, -0.25) is 14.3 Å². The largest absolute Gasteiger partial charge is 0.467 e. The topological polar surface area (TPSA) is 89.2 Å². The molecular formula is C28H28N4O3. The summed E-state index contributed by atoms with van der Waals surface area (Å²) in [6, 6.07) is 21.0. The zero-order valence-corrected chi connectivity index (χ0v) is 19.8. The monoisotopic (exact) mass is 468 g/mol. The molecule has 2 aromatic carbocycles. The van der Waals surface area contributed by atoms with Gasteiger partial charge < -0.3 is 15.1 Å². The molecule has 7 nitrogen and oxygen atoms in total. The third kappa shape index (κ3) is 6.57. The van der Waals surface area contributed by atoms with E-state index in [2.05, 4.69) is 22.8 Å². The first-order valence-corrected chi connectivity index (χ1v) is 11.4. The van der Waals surface area contributed by atoms with Gasteiger partial charge in [-0.05, 0) is 37.6 Å². The van der Waals surface area contributed by atoms with Gasteiger partial charge in [0.2, 0.25) is 11.8 Å². The van der Waals surface area contributed by atoms with Crippen molar-refractivity contribution in [1.29, 1.82) is 0 Å². The van der Waals surface area contributed by atoms with Crippen LogP contribution in [0.5, 0.6) is 0 Å². The lowest BCUT2D eigenvalue weighted by Gasteiger charge is -2.12. The Morgan fingerprint density at radius 2 is 1.83 bits per heavy atom. The molecule has 0 radical (unpaired) electrons. The minimum atomic E-state index is -0.695. The molecular weight excluding hydrogens is 440 g/mol. The van der Waals surface area contributed by atoms with E-state index in [0.29, 0.717) is 12.3 Å². The third-order valence-electron chi connectivity index (χ3n) is 5.49. The molecule has 2 heterocycles. The molecule has 2 N–H and O–H groups in total. The Bertz CT molecular complexity index is 1290. The molecule has 2 amide bonds. The minimum absolute atomic E-state index is 0.266. The normalized spacial score (nSPS) is 11.9. The SMILES string of the molecule is Cc1ccc(-c2nn(Cc3ccccc3)cc2/C=C/C(=O)NC(C)C(=O)NCc2ccco2)cc1. The van der Waals surface area contributed by atoms with Crippen LogP contribution in [0.15, 0.2) is 89.7 Å². The highest BCUT2D eigenvalue weighted by molar-refractivity contribution is 5.96. The number of aromatic nitrogens is 2. The zero-order valence-electron chi connectivity index (χ0n) is 19.8. The standard InChI is InChI=1S/C28H28N4O3/c1-20-10-12-23(13-11-20)27-24(19-32(31-27)18-22-7-4-3-5-8-22)14-15-26(33)30-21(2)28(34)29-17-25-9-6-16-35-25/h3-16,19,21H,17-18H2,1-2H3,(H,29,34)(H,30,33)/b15-14+. The molecule has 0 saturated carbocycles. The van der Waals surface area contributed by atoms with Crippen LogP contribution in [0.25, 0.3) is 17.3 Å². The average Bonchev–Trinajstić information content (AvgIpc) is 3.52. The van der Waals surface area contributed by atoms with Gasteiger partial charge >= 0.3 is 0 Å². The van der Waals surface area contributed by atoms with Gasteiger partial charge in [-0.1, -0.05) is 60.2 Å². The van der Waals surface area contributed by atoms with Crippen LogP contribution in [0.2, 0.25) is 0 Å². The predicted octanol–water partition coefficient (Wildman–Crippen LogP) is 4.33. The van der Waals surface area contributed by atoms with Crippen molar-refractivity contribution in [2.45, 2.75) is 33.0 Å². The number of furan rings is 1. The molecule has 0 aliphatic rings. The molecule has 178 valence electrons. The minimum Gasteiger partial charge on any atom is -0.467 e. The summed E-state index contributed by atoms with van der Waals surface area (Å²) in [5, 5.41) is 10.2. The van der Waals surface area contributed by atoms with E-state index in [-0.39, 0.29) is 18.4 Å². The van der Waals surface area contributed by atoms with Crippen LogP contribution in [-0.2, 0) is 22.7 Å². The summed E-state index contributed by atoms with van der Waals surface area (Å²) < 4.78 is 7.07. The summed E-state index contributed by atoms with van der Waals surface area (Å²) in [4.78, 5) is 24.8. The Kier molecular flexibility index (Phi) is 7.57. The Morgan fingerprint density at radius 1 is 1.06 bits per heavy atom. The van der Waals surface area contributed by atoms with Gasteiger partial charge in [0.05, 0.1) is 25.0 Å². The van der Waals surface area contributed by atoms with Crippen LogP contribution in [0.3, 0.4) is 0 Å². The number of rotatable bonds is 9. The maximum Gasteiger partial charge on any atom is 0.244 e. The van der Waals surface area contributed by atoms with E-state index in [1.54, 1.807) is 31.4 Å². The van der Waals surface area contributed by atoms with Crippen molar-refractivity contribution in [3.8, 4) is 11.3 Å². The maximum atomic E-state index is 12.5. The second kappa shape index (κ2) is 11.2. The van der Waals surface area contributed by atoms with Gasteiger partial charge in [0.25, 0.3) is 0 Å². The fraction of sp³-hybridized carbons (Fsp3) is 0.179. The summed E-state index contributed by atoms with van der Waals surface area (Å²) in [5.41, 5.74) is 4.86. The van der Waals surface area contributed by atoms with Crippen LogP contribution in [0, 0.1) is 6.92 Å². The fourth-order valence-corrected chi connectivity index (χ4v) is 3.58. The number of hydrogen-bond acceptors (Lipinski definition) is 4. The smallest absolute Gasteiger partial charge is 0.244 e. The average molecular weight is 469 g/mol. The van der Waals surface area contributed by atoms with E-state index >= 15 is 0 Å². The van der Waals surface area contributed by atoms with Crippen LogP contribution in [-0.4, -0.2) is 27.6 Å². The molecule has 0 aliphatic heterocycles. The van der Waals surface area contributed by atoms with Crippen molar-refractivity contribution in [1.82, 2.24) is 20.4 Å². The molecule has 1 unspecified atom stereocenters. The lowest BCUT2D eigenvalue weighted by molar-refractivity contribution is -0.126. The Balaban J connectivity index is 1.46. The first kappa shape index (κ1) is 23.8. The summed E-state index contributed by atoms with van der Waals surface area (Å²) in [5.74, 6) is -0.0107. The van der Waals surface area contributed by atoms with E-state index in [1.165, 1.54) is 6.08 Å². The Morgan fingerprint density at radius 3 is 2.54 bits per heavy atom. The molecule has 4 rings (SSSR count). The molecule has 7 heteroatoms. The number of carbonyl (C=O) groups excluding carboxylic acids is 2. The molecule has 35 heavy (non-hydrogen) atoms. The van der Waals surface area contributed by atoms with Gasteiger partial charge in [-0.25, -0.2) is 0 Å². The maximum absolute atomic E-state index is 12.5. The summed E-state index contributed by atoms with van der Waals surface area (Å²) >= 11 is 0. The van der Waals surface area contributed by atoms with Crippen LogP contribution < -0.4 is 10.6 Å². The Labute approximate surface area is 204 Å². The van der Waals surface area contributed by atoms with Crippen molar-refractivity contribution >= 4 is 17.9 Å². The molecule has 0 saturated heterocycles. The van der Waals surface area contributed by atoms with Crippen molar-refractivity contribution in [2.75, 3.05) is 0 Å². The molecule has 0 fully saturated rings. The second-order valence-electron chi connectivity index (χ2n) is 8.34. The van der Waals surface area contributed by atoms with E-state index in [9.17, 15) is 9.59 Å². The van der Waals surface area contributed by atoms with E-state index in [1.807, 2.05) is 60.3 Å². The van der Waals surface area contributed by atoms with Gasteiger partial charge in [-0.15, -0.1) is 0 Å². The molecule has 2 aromatic heterocycles. The van der Waals surface area contributed by atoms with Gasteiger partial charge in [-0.2, -0.15) is 5.10 Å². The van der Waals surface area contributed by atoms with Gasteiger partial charge in [0.15, 0.2) is 0 Å². The van der Waals surface area contributed by atoms with Crippen LogP contribution in [0.4, 0.5) is 0 Å². The highest BCUT2D eigenvalue weighted by atomic mass is 16.3. The lowest BCUT2D eigenvalue weighted by atomic mass is 10.1. The van der Waals surface area contributed by atoms with E-state index in [0.717, 1.165) is 27.9 Å². The highest BCUT2D eigenvalue weighted by Crippen LogP contribution is 2.24. The van der Waals surface area contributed by atoms with Gasteiger partial charge in [0.1, 0.15) is 11.8 Å². The second-order valence-corrected chi connectivity index (χ2v) is 8.34. The third-order valence-corrected chi connectivity index (χ3v) is 5.49.